The molecule has 0 saturated heterocycles. The molecule has 0 radical (unpaired) electrons. The predicted molar refractivity (Wildman–Crippen MR) is 89.6 cm³/mol. The van der Waals surface area contributed by atoms with Crippen LogP contribution in [0.4, 0.5) is 0 Å². The highest BCUT2D eigenvalue weighted by Gasteiger charge is 2.23. The minimum absolute atomic E-state index is 0.165. The Morgan fingerprint density at radius 2 is 1.24 bits per heavy atom. The Labute approximate surface area is 128 Å². The van der Waals surface area contributed by atoms with Crippen LogP contribution in [0.15, 0.2) is 48.5 Å². The van der Waals surface area contributed by atoms with Gasteiger partial charge < -0.3 is 5.11 Å². The molecule has 0 spiro atoms. The summed E-state index contributed by atoms with van der Waals surface area (Å²) in [6.45, 7) is 10.6. The number of benzene rings is 2. The molecule has 0 fully saturated rings. The maximum Gasteiger partial charge on any atom is 0.0908 e. The van der Waals surface area contributed by atoms with Gasteiger partial charge in [-0.15, -0.1) is 0 Å². The third-order valence-electron chi connectivity index (χ3n) is 4.04. The zero-order valence-electron chi connectivity index (χ0n) is 13.8. The molecular formula is C20H26O. The number of aliphatic hydroxyl groups is 1. The molecule has 0 aliphatic heterocycles. The molecule has 0 amide bonds. The van der Waals surface area contributed by atoms with Crippen LogP contribution in [0.25, 0.3) is 0 Å². The van der Waals surface area contributed by atoms with Gasteiger partial charge in [0.05, 0.1) is 5.60 Å². The van der Waals surface area contributed by atoms with Crippen molar-refractivity contribution in [2.75, 3.05) is 0 Å². The SMILES string of the molecule is Cc1ccc(C(C)(O)Cc2ccc(C(C)(C)C)cc2)cc1. The van der Waals surface area contributed by atoms with E-state index in [4.69, 9.17) is 0 Å². The van der Waals surface area contributed by atoms with E-state index in [1.54, 1.807) is 0 Å². The molecule has 1 N–H and O–H groups in total. The Balaban J connectivity index is 2.18. The van der Waals surface area contributed by atoms with Crippen molar-refractivity contribution in [3.05, 3.63) is 70.8 Å². The van der Waals surface area contributed by atoms with Crippen LogP contribution in [0.1, 0.15) is 49.9 Å². The van der Waals surface area contributed by atoms with Gasteiger partial charge >= 0.3 is 0 Å². The molecule has 0 aromatic heterocycles. The summed E-state index contributed by atoms with van der Waals surface area (Å²) in [5, 5.41) is 10.8. The van der Waals surface area contributed by atoms with Gasteiger partial charge in [-0.1, -0.05) is 74.9 Å². The van der Waals surface area contributed by atoms with Crippen molar-refractivity contribution in [3.8, 4) is 0 Å². The zero-order valence-corrected chi connectivity index (χ0v) is 13.8. The molecule has 0 saturated carbocycles. The first kappa shape index (κ1) is 15.8. The molecule has 2 aromatic rings. The van der Waals surface area contributed by atoms with Gasteiger partial charge in [0.25, 0.3) is 0 Å². The van der Waals surface area contributed by atoms with Gasteiger partial charge in [-0.05, 0) is 36.0 Å². The third kappa shape index (κ3) is 3.95. The van der Waals surface area contributed by atoms with E-state index >= 15 is 0 Å². The molecule has 1 heteroatoms. The summed E-state index contributed by atoms with van der Waals surface area (Å²) >= 11 is 0. The van der Waals surface area contributed by atoms with Gasteiger partial charge in [-0.2, -0.15) is 0 Å². The average molecular weight is 282 g/mol. The van der Waals surface area contributed by atoms with Crippen LogP contribution in [0.5, 0.6) is 0 Å². The minimum atomic E-state index is -0.836. The number of hydrogen-bond acceptors (Lipinski definition) is 1. The number of aryl methyl sites for hydroxylation is 1. The monoisotopic (exact) mass is 282 g/mol. The van der Waals surface area contributed by atoms with Gasteiger partial charge in [0.15, 0.2) is 0 Å². The topological polar surface area (TPSA) is 20.2 Å². The van der Waals surface area contributed by atoms with Crippen molar-refractivity contribution in [2.45, 2.75) is 52.1 Å². The molecule has 2 aromatic carbocycles. The summed E-state index contributed by atoms with van der Waals surface area (Å²) in [5.41, 5.74) is 3.99. The van der Waals surface area contributed by atoms with Gasteiger partial charge in [-0.25, -0.2) is 0 Å². The lowest BCUT2D eigenvalue weighted by Gasteiger charge is -2.25. The molecule has 0 aliphatic rings. The molecule has 0 aliphatic carbocycles. The Morgan fingerprint density at radius 1 is 0.762 bits per heavy atom. The first-order chi connectivity index (χ1) is 9.68. The van der Waals surface area contributed by atoms with Gasteiger partial charge in [0.2, 0.25) is 0 Å². The molecule has 0 bridgehead atoms. The van der Waals surface area contributed by atoms with Crippen molar-refractivity contribution < 1.29 is 5.11 Å². The normalized spacial score (nSPS) is 14.8. The molecule has 1 atom stereocenters. The summed E-state index contributed by atoms with van der Waals surface area (Å²) in [5.74, 6) is 0. The number of hydrogen-bond donors (Lipinski definition) is 1. The fourth-order valence-corrected chi connectivity index (χ4v) is 2.53. The molecule has 2 rings (SSSR count). The highest BCUT2D eigenvalue weighted by Crippen LogP contribution is 2.27. The lowest BCUT2D eigenvalue weighted by Crippen LogP contribution is -2.24. The second kappa shape index (κ2) is 5.65. The molecule has 0 heterocycles. The highest BCUT2D eigenvalue weighted by molar-refractivity contribution is 5.31. The van der Waals surface area contributed by atoms with E-state index < -0.39 is 5.60 Å². The molecule has 112 valence electrons. The van der Waals surface area contributed by atoms with Crippen LogP contribution in [-0.2, 0) is 17.4 Å². The van der Waals surface area contributed by atoms with E-state index in [2.05, 4.69) is 52.0 Å². The Bertz CT molecular complexity index is 583. The van der Waals surface area contributed by atoms with Crippen molar-refractivity contribution in [1.82, 2.24) is 0 Å². The summed E-state index contributed by atoms with van der Waals surface area (Å²) in [4.78, 5) is 0. The van der Waals surface area contributed by atoms with Crippen molar-refractivity contribution in [3.63, 3.8) is 0 Å². The second-order valence-corrected chi connectivity index (χ2v) is 7.26. The van der Waals surface area contributed by atoms with Crippen LogP contribution >= 0.6 is 0 Å². The molecule has 21 heavy (non-hydrogen) atoms. The van der Waals surface area contributed by atoms with Crippen LogP contribution in [0, 0.1) is 6.92 Å². The van der Waals surface area contributed by atoms with Crippen LogP contribution < -0.4 is 0 Å². The molecular weight excluding hydrogens is 256 g/mol. The van der Waals surface area contributed by atoms with Crippen LogP contribution in [-0.4, -0.2) is 5.11 Å². The lowest BCUT2D eigenvalue weighted by molar-refractivity contribution is 0.0576. The van der Waals surface area contributed by atoms with Gasteiger partial charge in [0.1, 0.15) is 0 Å². The predicted octanol–water partition coefficient (Wildman–Crippen LogP) is 4.74. The fourth-order valence-electron chi connectivity index (χ4n) is 2.53. The first-order valence-electron chi connectivity index (χ1n) is 7.57. The Morgan fingerprint density at radius 3 is 1.71 bits per heavy atom. The summed E-state index contributed by atoms with van der Waals surface area (Å²) in [6.07, 6.45) is 0.625. The zero-order chi connectivity index (χ0) is 15.7. The maximum atomic E-state index is 10.8. The second-order valence-electron chi connectivity index (χ2n) is 7.26. The van der Waals surface area contributed by atoms with E-state index in [1.807, 2.05) is 31.2 Å². The molecule has 1 unspecified atom stereocenters. The minimum Gasteiger partial charge on any atom is -0.385 e. The average Bonchev–Trinajstić information content (AvgIpc) is 2.38. The third-order valence-corrected chi connectivity index (χ3v) is 4.04. The smallest absolute Gasteiger partial charge is 0.0908 e. The quantitative estimate of drug-likeness (QED) is 0.862. The highest BCUT2D eigenvalue weighted by atomic mass is 16.3. The largest absolute Gasteiger partial charge is 0.385 e. The van der Waals surface area contributed by atoms with E-state index in [0.29, 0.717) is 6.42 Å². The van der Waals surface area contributed by atoms with E-state index in [-0.39, 0.29) is 5.41 Å². The summed E-state index contributed by atoms with van der Waals surface area (Å²) < 4.78 is 0. The van der Waals surface area contributed by atoms with E-state index in [0.717, 1.165) is 11.1 Å². The van der Waals surface area contributed by atoms with E-state index in [9.17, 15) is 5.11 Å². The lowest BCUT2D eigenvalue weighted by atomic mass is 9.84. The fraction of sp³-hybridized carbons (Fsp3) is 0.400. The van der Waals surface area contributed by atoms with E-state index in [1.165, 1.54) is 11.1 Å². The molecule has 1 nitrogen and oxygen atoms in total. The van der Waals surface area contributed by atoms with Crippen molar-refractivity contribution in [1.29, 1.82) is 0 Å². The number of rotatable bonds is 3. The van der Waals surface area contributed by atoms with Gasteiger partial charge in [0, 0.05) is 6.42 Å². The summed E-state index contributed by atoms with van der Waals surface area (Å²) in [6, 6.07) is 16.7. The summed E-state index contributed by atoms with van der Waals surface area (Å²) in [7, 11) is 0. The standard InChI is InChI=1S/C20H26O/c1-15-6-10-18(11-7-15)20(5,21)14-16-8-12-17(13-9-16)19(2,3)4/h6-13,21H,14H2,1-5H3. The Hall–Kier alpha value is -1.60. The Kier molecular flexibility index (Phi) is 4.25. The first-order valence-corrected chi connectivity index (χ1v) is 7.57. The van der Waals surface area contributed by atoms with Crippen LogP contribution in [0.2, 0.25) is 0 Å². The van der Waals surface area contributed by atoms with Crippen LogP contribution in [0.3, 0.4) is 0 Å². The maximum absolute atomic E-state index is 10.8. The van der Waals surface area contributed by atoms with Crippen molar-refractivity contribution >= 4 is 0 Å². The van der Waals surface area contributed by atoms with Crippen molar-refractivity contribution in [2.24, 2.45) is 0 Å². The van der Waals surface area contributed by atoms with Gasteiger partial charge in [-0.3, -0.25) is 0 Å².